The van der Waals surface area contributed by atoms with Gasteiger partial charge in [0, 0.05) is 30.3 Å². The number of aromatic nitrogens is 1. The fourth-order valence-corrected chi connectivity index (χ4v) is 2.82. The third-order valence-corrected chi connectivity index (χ3v) is 3.96. The number of pyridine rings is 1. The molecule has 6 heteroatoms. The molecule has 1 aliphatic rings. The first-order chi connectivity index (χ1) is 8.11. The van der Waals surface area contributed by atoms with Crippen LogP contribution in [0.5, 0.6) is 0 Å². The van der Waals surface area contributed by atoms with E-state index in [0.29, 0.717) is 6.54 Å². The smallest absolute Gasteiger partial charge is 0.257 e. The van der Waals surface area contributed by atoms with Crippen LogP contribution in [-0.2, 0) is 0 Å². The summed E-state index contributed by atoms with van der Waals surface area (Å²) in [5.41, 5.74) is 5.37. The Hall–Kier alpha value is -1.30. The minimum absolute atomic E-state index is 0.0104. The van der Waals surface area contributed by atoms with Crippen molar-refractivity contribution < 1.29 is 9.18 Å². The molecular formula is C11H14FN3OS. The summed E-state index contributed by atoms with van der Waals surface area (Å²) >= 11 is 1.80. The third-order valence-electron chi connectivity index (χ3n) is 2.78. The first kappa shape index (κ1) is 12.2. The van der Waals surface area contributed by atoms with Crippen LogP contribution in [0.15, 0.2) is 12.3 Å². The molecular weight excluding hydrogens is 241 g/mol. The number of carbonyl (C=O) groups is 1. The van der Waals surface area contributed by atoms with Crippen molar-refractivity contribution >= 4 is 23.5 Å². The lowest BCUT2D eigenvalue weighted by Crippen LogP contribution is -2.44. The number of nitrogen functional groups attached to an aromatic ring is 1. The van der Waals surface area contributed by atoms with Crippen molar-refractivity contribution in [2.75, 3.05) is 23.8 Å². The predicted octanol–water partition coefficient (Wildman–Crippen LogP) is 1.38. The van der Waals surface area contributed by atoms with Gasteiger partial charge in [-0.25, -0.2) is 9.37 Å². The Labute approximate surface area is 103 Å². The number of hydrogen-bond acceptors (Lipinski definition) is 4. The minimum atomic E-state index is -0.720. The van der Waals surface area contributed by atoms with Crippen LogP contribution in [0, 0.1) is 5.82 Å². The van der Waals surface area contributed by atoms with E-state index in [0.717, 1.165) is 11.5 Å². The van der Waals surface area contributed by atoms with Gasteiger partial charge in [-0.15, -0.1) is 0 Å². The zero-order chi connectivity index (χ0) is 12.4. The highest BCUT2D eigenvalue weighted by atomic mass is 32.2. The van der Waals surface area contributed by atoms with Gasteiger partial charge in [-0.1, -0.05) is 0 Å². The van der Waals surface area contributed by atoms with Crippen molar-refractivity contribution in [3.05, 3.63) is 23.6 Å². The number of nitrogens with zero attached hydrogens (tertiary/aromatic N) is 2. The Morgan fingerprint density at radius 2 is 2.47 bits per heavy atom. The summed E-state index contributed by atoms with van der Waals surface area (Å²) in [5.74, 6) is 0.522. The summed E-state index contributed by atoms with van der Waals surface area (Å²) in [6.45, 7) is 2.61. The van der Waals surface area contributed by atoms with Gasteiger partial charge in [-0.3, -0.25) is 4.79 Å². The molecule has 2 rings (SSSR count). The lowest BCUT2D eigenvalue weighted by molar-refractivity contribution is 0.0711. The topological polar surface area (TPSA) is 59.2 Å². The minimum Gasteiger partial charge on any atom is -0.381 e. The van der Waals surface area contributed by atoms with Crippen LogP contribution in [0.2, 0.25) is 0 Å². The van der Waals surface area contributed by atoms with E-state index in [1.807, 2.05) is 6.92 Å². The summed E-state index contributed by atoms with van der Waals surface area (Å²) in [7, 11) is 0. The number of amides is 1. The predicted molar refractivity (Wildman–Crippen MR) is 66.4 cm³/mol. The van der Waals surface area contributed by atoms with Gasteiger partial charge in [-0.05, 0) is 13.0 Å². The van der Waals surface area contributed by atoms with Crippen LogP contribution in [0.1, 0.15) is 17.3 Å². The number of halogens is 1. The van der Waals surface area contributed by atoms with E-state index in [4.69, 9.17) is 5.73 Å². The normalized spacial score (nSPS) is 20.4. The maximum Gasteiger partial charge on any atom is 0.257 e. The summed E-state index contributed by atoms with van der Waals surface area (Å²) in [6.07, 6.45) is 1.36. The molecule has 1 unspecified atom stereocenters. The second-order valence-electron chi connectivity index (χ2n) is 3.98. The van der Waals surface area contributed by atoms with Gasteiger partial charge < -0.3 is 10.6 Å². The van der Waals surface area contributed by atoms with E-state index in [1.165, 1.54) is 12.3 Å². The third kappa shape index (κ3) is 2.36. The molecule has 0 radical (unpaired) electrons. The largest absolute Gasteiger partial charge is 0.381 e. The molecule has 0 aliphatic carbocycles. The molecule has 1 atom stereocenters. The highest BCUT2D eigenvalue weighted by molar-refractivity contribution is 7.99. The molecule has 2 N–H and O–H groups in total. The molecule has 1 saturated heterocycles. The first-order valence-corrected chi connectivity index (χ1v) is 6.55. The van der Waals surface area contributed by atoms with Gasteiger partial charge in [0.15, 0.2) is 11.6 Å². The maximum atomic E-state index is 13.7. The van der Waals surface area contributed by atoms with Crippen molar-refractivity contribution in [1.29, 1.82) is 0 Å². The Kier molecular flexibility index (Phi) is 3.51. The molecule has 2 heterocycles. The van der Waals surface area contributed by atoms with Gasteiger partial charge in [0.25, 0.3) is 5.91 Å². The molecule has 1 aromatic heterocycles. The summed E-state index contributed by atoms with van der Waals surface area (Å²) in [4.78, 5) is 17.5. The molecule has 17 heavy (non-hydrogen) atoms. The Morgan fingerprint density at radius 1 is 1.71 bits per heavy atom. The Balaban J connectivity index is 2.27. The first-order valence-electron chi connectivity index (χ1n) is 5.40. The van der Waals surface area contributed by atoms with Gasteiger partial charge in [-0.2, -0.15) is 11.8 Å². The van der Waals surface area contributed by atoms with Crippen LogP contribution in [0.3, 0.4) is 0 Å². The van der Waals surface area contributed by atoms with E-state index < -0.39 is 5.82 Å². The van der Waals surface area contributed by atoms with Crippen molar-refractivity contribution in [3.8, 4) is 0 Å². The maximum absolute atomic E-state index is 13.7. The van der Waals surface area contributed by atoms with Crippen molar-refractivity contribution in [2.45, 2.75) is 13.0 Å². The zero-order valence-electron chi connectivity index (χ0n) is 9.52. The molecule has 0 saturated carbocycles. The number of carbonyl (C=O) groups excluding carboxylic acids is 1. The van der Waals surface area contributed by atoms with Gasteiger partial charge in [0.2, 0.25) is 0 Å². The fraction of sp³-hybridized carbons (Fsp3) is 0.455. The second kappa shape index (κ2) is 4.91. The SMILES string of the molecule is CC1CSCCN1C(=O)c1ccnc(N)c1F. The fourth-order valence-electron chi connectivity index (χ4n) is 1.81. The molecule has 0 spiro atoms. The van der Waals surface area contributed by atoms with E-state index in [-0.39, 0.29) is 23.3 Å². The second-order valence-corrected chi connectivity index (χ2v) is 5.13. The Morgan fingerprint density at radius 3 is 3.18 bits per heavy atom. The standard InChI is InChI=1S/C11H14FN3OS/c1-7-6-17-5-4-15(7)11(16)8-2-3-14-10(13)9(8)12/h2-3,7H,4-6H2,1H3,(H2,13,14). The molecule has 0 bridgehead atoms. The lowest BCUT2D eigenvalue weighted by Gasteiger charge is -2.33. The number of thioether (sulfide) groups is 1. The molecule has 1 aromatic rings. The molecule has 0 aromatic carbocycles. The quantitative estimate of drug-likeness (QED) is 0.823. The average Bonchev–Trinajstić information content (AvgIpc) is 2.32. The zero-order valence-corrected chi connectivity index (χ0v) is 10.3. The van der Waals surface area contributed by atoms with Crippen molar-refractivity contribution in [2.24, 2.45) is 0 Å². The Bertz CT molecular complexity index is 441. The monoisotopic (exact) mass is 255 g/mol. The molecule has 92 valence electrons. The number of rotatable bonds is 1. The summed E-state index contributed by atoms with van der Waals surface area (Å²) in [5, 5.41) is 0. The highest BCUT2D eigenvalue weighted by Gasteiger charge is 2.27. The van der Waals surface area contributed by atoms with Crippen molar-refractivity contribution in [3.63, 3.8) is 0 Å². The van der Waals surface area contributed by atoms with Gasteiger partial charge in [0.1, 0.15) is 0 Å². The molecule has 1 fully saturated rings. The number of anilines is 1. The van der Waals surface area contributed by atoms with Gasteiger partial charge >= 0.3 is 0 Å². The van der Waals surface area contributed by atoms with E-state index >= 15 is 0 Å². The van der Waals surface area contributed by atoms with Crippen LogP contribution >= 0.6 is 11.8 Å². The molecule has 4 nitrogen and oxygen atoms in total. The van der Waals surface area contributed by atoms with Crippen molar-refractivity contribution in [1.82, 2.24) is 9.88 Å². The highest BCUT2D eigenvalue weighted by Crippen LogP contribution is 2.20. The van der Waals surface area contributed by atoms with Crippen LogP contribution in [0.4, 0.5) is 10.2 Å². The van der Waals surface area contributed by atoms with Crippen LogP contribution in [-0.4, -0.2) is 39.9 Å². The number of hydrogen-bond donors (Lipinski definition) is 1. The lowest BCUT2D eigenvalue weighted by atomic mass is 10.2. The van der Waals surface area contributed by atoms with E-state index in [2.05, 4.69) is 4.98 Å². The van der Waals surface area contributed by atoms with Gasteiger partial charge in [0.05, 0.1) is 5.56 Å². The summed E-state index contributed by atoms with van der Waals surface area (Å²) in [6, 6.07) is 1.50. The van der Waals surface area contributed by atoms with E-state index in [9.17, 15) is 9.18 Å². The molecule has 1 amide bonds. The number of nitrogens with two attached hydrogens (primary N) is 1. The average molecular weight is 255 g/mol. The molecule has 1 aliphatic heterocycles. The van der Waals surface area contributed by atoms with Crippen LogP contribution in [0.25, 0.3) is 0 Å². The van der Waals surface area contributed by atoms with E-state index in [1.54, 1.807) is 16.7 Å². The summed E-state index contributed by atoms with van der Waals surface area (Å²) < 4.78 is 13.7. The van der Waals surface area contributed by atoms with Crippen LogP contribution < -0.4 is 5.73 Å².